The van der Waals surface area contributed by atoms with Crippen molar-refractivity contribution in [3.8, 4) is 0 Å². The van der Waals surface area contributed by atoms with Gasteiger partial charge in [0.15, 0.2) is 0 Å². The van der Waals surface area contributed by atoms with E-state index in [9.17, 15) is 9.00 Å². The molecule has 1 aliphatic heterocycles. The molecular formula is C12H13BrO4S. The smallest absolute Gasteiger partial charge is 0.336 e. The molecule has 2 rings (SSSR count). The van der Waals surface area contributed by atoms with E-state index < -0.39 is 16.8 Å². The lowest BCUT2D eigenvalue weighted by Gasteiger charge is -2.09. The first-order valence-electron chi connectivity index (χ1n) is 5.61. The fourth-order valence-electron chi connectivity index (χ4n) is 1.85. The van der Waals surface area contributed by atoms with E-state index in [-0.39, 0.29) is 11.7 Å². The molecule has 2 atom stereocenters. The standard InChI is InChI=1S/C12H13BrO4S/c13-11-4-3-9(6-10(11)12(14)15)18(16)7-8-2-1-5-17-8/h3-4,6,8H,1-2,5,7H2,(H,14,15). The van der Waals surface area contributed by atoms with Gasteiger partial charge >= 0.3 is 5.97 Å². The maximum Gasteiger partial charge on any atom is 0.336 e. The Balaban J connectivity index is 2.14. The first-order chi connectivity index (χ1) is 8.58. The average Bonchev–Trinajstić information content (AvgIpc) is 2.81. The first-order valence-corrected chi connectivity index (χ1v) is 7.72. The molecule has 4 nitrogen and oxygen atoms in total. The highest BCUT2D eigenvalue weighted by Gasteiger charge is 2.20. The molecule has 0 bridgehead atoms. The molecule has 0 aromatic heterocycles. The summed E-state index contributed by atoms with van der Waals surface area (Å²) in [6.45, 7) is 0.725. The van der Waals surface area contributed by atoms with Gasteiger partial charge in [0.05, 0.1) is 28.2 Å². The fourth-order valence-corrected chi connectivity index (χ4v) is 3.53. The molecule has 0 saturated carbocycles. The van der Waals surface area contributed by atoms with Crippen LogP contribution in [0.25, 0.3) is 0 Å². The Labute approximate surface area is 116 Å². The van der Waals surface area contributed by atoms with E-state index in [1.165, 1.54) is 6.07 Å². The molecule has 1 aliphatic rings. The van der Waals surface area contributed by atoms with Gasteiger partial charge in [0, 0.05) is 16.0 Å². The summed E-state index contributed by atoms with van der Waals surface area (Å²) in [6.07, 6.45) is 1.96. The molecule has 6 heteroatoms. The quantitative estimate of drug-likeness (QED) is 0.919. The minimum atomic E-state index is -1.22. The number of carboxylic acids is 1. The molecule has 0 spiro atoms. The highest BCUT2D eigenvalue weighted by molar-refractivity contribution is 9.10. The van der Waals surface area contributed by atoms with E-state index in [1.807, 2.05) is 0 Å². The van der Waals surface area contributed by atoms with Gasteiger partial charge in [0.1, 0.15) is 0 Å². The van der Waals surface area contributed by atoms with Crippen LogP contribution in [0.3, 0.4) is 0 Å². The van der Waals surface area contributed by atoms with Crippen molar-refractivity contribution >= 4 is 32.7 Å². The lowest BCUT2D eigenvalue weighted by molar-refractivity contribution is 0.0695. The fraction of sp³-hybridized carbons (Fsp3) is 0.417. The third-order valence-electron chi connectivity index (χ3n) is 2.79. The van der Waals surface area contributed by atoms with Crippen LogP contribution in [0.4, 0.5) is 0 Å². The Morgan fingerprint density at radius 3 is 2.94 bits per heavy atom. The van der Waals surface area contributed by atoms with Crippen LogP contribution in [-0.2, 0) is 15.5 Å². The van der Waals surface area contributed by atoms with Crippen LogP contribution in [0.1, 0.15) is 23.2 Å². The van der Waals surface area contributed by atoms with Crippen LogP contribution in [0.5, 0.6) is 0 Å². The molecule has 1 saturated heterocycles. The van der Waals surface area contributed by atoms with Gasteiger partial charge in [0.2, 0.25) is 0 Å². The Morgan fingerprint density at radius 2 is 2.33 bits per heavy atom. The van der Waals surface area contributed by atoms with Gasteiger partial charge in [-0.15, -0.1) is 0 Å². The summed E-state index contributed by atoms with van der Waals surface area (Å²) in [5.41, 5.74) is 0.133. The molecular weight excluding hydrogens is 320 g/mol. The van der Waals surface area contributed by atoms with E-state index in [4.69, 9.17) is 9.84 Å². The second-order valence-electron chi connectivity index (χ2n) is 4.09. The van der Waals surface area contributed by atoms with E-state index in [0.29, 0.717) is 15.1 Å². The number of hydrogen-bond acceptors (Lipinski definition) is 3. The summed E-state index contributed by atoms with van der Waals surface area (Å²) in [4.78, 5) is 11.5. The van der Waals surface area contributed by atoms with Crippen LogP contribution in [-0.4, -0.2) is 33.7 Å². The molecule has 18 heavy (non-hydrogen) atoms. The Morgan fingerprint density at radius 1 is 1.56 bits per heavy atom. The molecule has 1 fully saturated rings. The number of halogens is 1. The van der Waals surface area contributed by atoms with Crippen molar-refractivity contribution in [1.82, 2.24) is 0 Å². The minimum absolute atomic E-state index is 0.0303. The summed E-state index contributed by atoms with van der Waals surface area (Å²) in [5, 5.41) is 9.00. The highest BCUT2D eigenvalue weighted by atomic mass is 79.9. The van der Waals surface area contributed by atoms with Crippen molar-refractivity contribution < 1.29 is 18.8 Å². The Hall–Kier alpha value is -0.720. The van der Waals surface area contributed by atoms with Crippen LogP contribution in [0, 0.1) is 0 Å². The molecule has 0 aliphatic carbocycles. The van der Waals surface area contributed by atoms with Crippen molar-refractivity contribution in [2.24, 2.45) is 0 Å². The van der Waals surface area contributed by atoms with Crippen molar-refractivity contribution in [1.29, 1.82) is 0 Å². The zero-order chi connectivity index (χ0) is 13.1. The molecule has 1 aromatic carbocycles. The first kappa shape index (κ1) is 13.7. The molecule has 0 amide bonds. The lowest BCUT2D eigenvalue weighted by atomic mass is 10.2. The van der Waals surface area contributed by atoms with Gasteiger partial charge in [-0.3, -0.25) is 4.21 Å². The Kier molecular flexibility index (Phi) is 4.53. The van der Waals surface area contributed by atoms with Gasteiger partial charge in [-0.2, -0.15) is 0 Å². The number of carboxylic acid groups (broad SMARTS) is 1. The maximum atomic E-state index is 12.1. The molecule has 0 radical (unpaired) electrons. The number of rotatable bonds is 4. The Bertz CT molecular complexity index is 483. The van der Waals surface area contributed by atoms with Crippen LogP contribution in [0.15, 0.2) is 27.6 Å². The largest absolute Gasteiger partial charge is 0.478 e. The van der Waals surface area contributed by atoms with E-state index in [1.54, 1.807) is 12.1 Å². The maximum absolute atomic E-state index is 12.1. The second kappa shape index (κ2) is 5.95. The highest BCUT2D eigenvalue weighted by Crippen LogP contribution is 2.22. The third kappa shape index (κ3) is 3.18. The van der Waals surface area contributed by atoms with E-state index >= 15 is 0 Å². The van der Waals surface area contributed by atoms with Gasteiger partial charge in [-0.1, -0.05) is 0 Å². The molecule has 2 unspecified atom stereocenters. The molecule has 98 valence electrons. The summed E-state index contributed by atoms with van der Waals surface area (Å²) in [6, 6.07) is 4.76. The molecule has 1 heterocycles. The lowest BCUT2D eigenvalue weighted by Crippen LogP contribution is -2.16. The van der Waals surface area contributed by atoms with Gasteiger partial charge in [0.25, 0.3) is 0 Å². The zero-order valence-electron chi connectivity index (χ0n) is 9.60. The third-order valence-corrected chi connectivity index (χ3v) is 4.94. The minimum Gasteiger partial charge on any atom is -0.478 e. The number of aromatic carboxylic acids is 1. The number of hydrogen-bond donors (Lipinski definition) is 1. The van der Waals surface area contributed by atoms with Crippen LogP contribution < -0.4 is 0 Å². The number of ether oxygens (including phenoxy) is 1. The summed E-state index contributed by atoms with van der Waals surface area (Å²) >= 11 is 3.16. The number of carbonyl (C=O) groups is 1. The molecule has 1 N–H and O–H groups in total. The monoisotopic (exact) mass is 332 g/mol. The summed E-state index contributed by atoms with van der Waals surface area (Å²) < 4.78 is 18.0. The SMILES string of the molecule is O=C(O)c1cc(S(=O)CC2CCCO2)ccc1Br. The van der Waals surface area contributed by atoms with Crippen molar-refractivity contribution in [3.63, 3.8) is 0 Å². The predicted octanol–water partition coefficient (Wildman–Crippen LogP) is 2.43. The predicted molar refractivity (Wildman–Crippen MR) is 71.4 cm³/mol. The zero-order valence-corrected chi connectivity index (χ0v) is 12.0. The van der Waals surface area contributed by atoms with Gasteiger partial charge in [-0.05, 0) is 47.0 Å². The normalized spacial score (nSPS) is 20.8. The second-order valence-corrected chi connectivity index (χ2v) is 6.44. The van der Waals surface area contributed by atoms with Crippen LogP contribution >= 0.6 is 15.9 Å². The van der Waals surface area contributed by atoms with E-state index in [0.717, 1.165) is 19.4 Å². The van der Waals surface area contributed by atoms with Crippen molar-refractivity contribution in [2.75, 3.05) is 12.4 Å². The van der Waals surface area contributed by atoms with E-state index in [2.05, 4.69) is 15.9 Å². The average molecular weight is 333 g/mol. The molecule has 1 aromatic rings. The van der Waals surface area contributed by atoms with Crippen LogP contribution in [0.2, 0.25) is 0 Å². The van der Waals surface area contributed by atoms with Crippen molar-refractivity contribution in [3.05, 3.63) is 28.2 Å². The number of benzene rings is 1. The summed E-state index contributed by atoms with van der Waals surface area (Å²) in [5.74, 6) is -0.599. The topological polar surface area (TPSA) is 63.6 Å². The van der Waals surface area contributed by atoms with Gasteiger partial charge < -0.3 is 9.84 Å². The van der Waals surface area contributed by atoms with Crippen molar-refractivity contribution in [2.45, 2.75) is 23.8 Å². The van der Waals surface area contributed by atoms with Gasteiger partial charge in [-0.25, -0.2) is 4.79 Å². The summed E-state index contributed by atoms with van der Waals surface area (Å²) in [7, 11) is -1.22.